The van der Waals surface area contributed by atoms with E-state index in [4.69, 9.17) is 0 Å². The molecule has 20 heavy (non-hydrogen) atoms. The van der Waals surface area contributed by atoms with Crippen LogP contribution in [0.3, 0.4) is 0 Å². The minimum Gasteiger partial charge on any atom is -0.371 e. The third-order valence-electron chi connectivity index (χ3n) is 4.77. The summed E-state index contributed by atoms with van der Waals surface area (Å²) in [6, 6.07) is 12.4. The van der Waals surface area contributed by atoms with Gasteiger partial charge in [0.2, 0.25) is 0 Å². The molecule has 0 amide bonds. The fourth-order valence-electron chi connectivity index (χ4n) is 3.52. The van der Waals surface area contributed by atoms with Crippen LogP contribution in [-0.2, 0) is 0 Å². The van der Waals surface area contributed by atoms with Crippen molar-refractivity contribution in [1.29, 1.82) is 0 Å². The van der Waals surface area contributed by atoms with Crippen molar-refractivity contribution in [1.82, 2.24) is 10.2 Å². The van der Waals surface area contributed by atoms with Crippen molar-refractivity contribution in [2.24, 2.45) is 0 Å². The highest BCUT2D eigenvalue weighted by molar-refractivity contribution is 5.46. The molecule has 1 aromatic carbocycles. The fraction of sp³-hybridized carbons (Fsp3) is 0.647. The third kappa shape index (κ3) is 2.99. The molecule has 2 saturated heterocycles. The van der Waals surface area contributed by atoms with Gasteiger partial charge in [-0.2, -0.15) is 0 Å². The van der Waals surface area contributed by atoms with Gasteiger partial charge >= 0.3 is 0 Å². The normalized spacial score (nSPS) is 21.2. The van der Waals surface area contributed by atoms with Crippen molar-refractivity contribution in [2.75, 3.05) is 37.6 Å². The smallest absolute Gasteiger partial charge is 0.0366 e. The third-order valence-corrected chi connectivity index (χ3v) is 4.77. The number of hydrogen-bond acceptors (Lipinski definition) is 3. The topological polar surface area (TPSA) is 18.5 Å². The summed E-state index contributed by atoms with van der Waals surface area (Å²) in [5, 5.41) is 3.42. The van der Waals surface area contributed by atoms with E-state index in [-0.39, 0.29) is 0 Å². The number of piperidine rings is 1. The lowest BCUT2D eigenvalue weighted by Crippen LogP contribution is -2.61. The number of nitrogens with one attached hydrogen (secondary N) is 1. The molecule has 1 aromatic rings. The molecule has 3 rings (SSSR count). The molecule has 0 saturated carbocycles. The quantitative estimate of drug-likeness (QED) is 0.888. The second kappa shape index (κ2) is 6.59. The summed E-state index contributed by atoms with van der Waals surface area (Å²) in [4.78, 5) is 5.32. The van der Waals surface area contributed by atoms with Crippen LogP contribution in [0.2, 0.25) is 0 Å². The molecule has 2 aliphatic heterocycles. The first-order valence-corrected chi connectivity index (χ1v) is 8.15. The van der Waals surface area contributed by atoms with Gasteiger partial charge in [-0.05, 0) is 37.9 Å². The van der Waals surface area contributed by atoms with Crippen LogP contribution in [0.5, 0.6) is 0 Å². The predicted octanol–water partition coefficient (Wildman–Crippen LogP) is 2.34. The van der Waals surface area contributed by atoms with Gasteiger partial charge in [-0.1, -0.05) is 25.1 Å². The van der Waals surface area contributed by atoms with Crippen molar-refractivity contribution >= 4 is 5.69 Å². The molecule has 0 aliphatic carbocycles. The molecule has 2 fully saturated rings. The van der Waals surface area contributed by atoms with E-state index in [0.29, 0.717) is 0 Å². The molecule has 0 bridgehead atoms. The zero-order chi connectivity index (χ0) is 13.8. The molecule has 0 radical (unpaired) electrons. The van der Waals surface area contributed by atoms with E-state index in [1.807, 2.05) is 0 Å². The van der Waals surface area contributed by atoms with E-state index < -0.39 is 0 Å². The largest absolute Gasteiger partial charge is 0.371 e. The van der Waals surface area contributed by atoms with Crippen molar-refractivity contribution in [2.45, 2.75) is 38.3 Å². The lowest BCUT2D eigenvalue weighted by molar-refractivity contribution is 0.0805. The zero-order valence-electron chi connectivity index (χ0n) is 12.6. The van der Waals surface area contributed by atoms with Gasteiger partial charge in [0.25, 0.3) is 0 Å². The maximum Gasteiger partial charge on any atom is 0.0366 e. The monoisotopic (exact) mass is 273 g/mol. The van der Waals surface area contributed by atoms with Gasteiger partial charge < -0.3 is 10.2 Å². The van der Waals surface area contributed by atoms with Crippen molar-refractivity contribution in [3.8, 4) is 0 Å². The Morgan fingerprint density at radius 2 is 1.80 bits per heavy atom. The predicted molar refractivity (Wildman–Crippen MR) is 85.3 cm³/mol. The van der Waals surface area contributed by atoms with Crippen LogP contribution < -0.4 is 10.2 Å². The van der Waals surface area contributed by atoms with Crippen molar-refractivity contribution < 1.29 is 0 Å². The van der Waals surface area contributed by atoms with Crippen LogP contribution in [0.25, 0.3) is 0 Å². The number of rotatable bonds is 5. The molecule has 3 heteroatoms. The highest BCUT2D eigenvalue weighted by Crippen LogP contribution is 2.24. The van der Waals surface area contributed by atoms with Crippen LogP contribution in [0.15, 0.2) is 30.3 Å². The summed E-state index contributed by atoms with van der Waals surface area (Å²) in [7, 11) is 0. The van der Waals surface area contributed by atoms with Gasteiger partial charge in [0, 0.05) is 44.0 Å². The van der Waals surface area contributed by atoms with E-state index in [9.17, 15) is 0 Å². The van der Waals surface area contributed by atoms with E-state index >= 15 is 0 Å². The van der Waals surface area contributed by atoms with Gasteiger partial charge in [0.1, 0.15) is 0 Å². The Labute approximate surface area is 123 Å². The van der Waals surface area contributed by atoms with E-state index in [1.54, 1.807) is 0 Å². The van der Waals surface area contributed by atoms with Crippen molar-refractivity contribution in [3.05, 3.63) is 30.3 Å². The van der Waals surface area contributed by atoms with Gasteiger partial charge in [0.15, 0.2) is 0 Å². The van der Waals surface area contributed by atoms with Gasteiger partial charge in [-0.15, -0.1) is 0 Å². The minimum atomic E-state index is 0.794. The number of nitrogens with zero attached hydrogens (tertiary/aromatic N) is 2. The SMILES string of the molecule is CCCN(C1CCN(c2ccccc2)CC1)C1CNC1. The maximum absolute atomic E-state index is 3.42. The molecule has 3 nitrogen and oxygen atoms in total. The Morgan fingerprint density at radius 3 is 2.35 bits per heavy atom. The van der Waals surface area contributed by atoms with E-state index in [2.05, 4.69) is 52.4 Å². The second-order valence-corrected chi connectivity index (χ2v) is 6.10. The van der Waals surface area contributed by atoms with Crippen LogP contribution in [0.1, 0.15) is 26.2 Å². The molecule has 2 aliphatic rings. The Hall–Kier alpha value is -1.06. The summed E-state index contributed by atoms with van der Waals surface area (Å²) in [5.41, 5.74) is 1.39. The molecule has 0 unspecified atom stereocenters. The van der Waals surface area contributed by atoms with Gasteiger partial charge in [0.05, 0.1) is 0 Å². The minimum absolute atomic E-state index is 0.794. The van der Waals surface area contributed by atoms with Crippen LogP contribution in [-0.4, -0.2) is 49.7 Å². The molecule has 0 aromatic heterocycles. The van der Waals surface area contributed by atoms with Gasteiger partial charge in [-0.3, -0.25) is 4.90 Å². The highest BCUT2D eigenvalue weighted by atomic mass is 15.3. The lowest BCUT2D eigenvalue weighted by atomic mass is 9.98. The number of hydrogen-bond donors (Lipinski definition) is 1. The molecular weight excluding hydrogens is 246 g/mol. The average Bonchev–Trinajstić information content (AvgIpc) is 2.46. The van der Waals surface area contributed by atoms with Crippen LogP contribution in [0.4, 0.5) is 5.69 Å². The number of para-hydroxylation sites is 1. The first kappa shape index (κ1) is 13.9. The molecule has 0 spiro atoms. The number of benzene rings is 1. The fourth-order valence-corrected chi connectivity index (χ4v) is 3.52. The highest BCUT2D eigenvalue weighted by Gasteiger charge is 2.31. The molecule has 2 heterocycles. The first-order chi connectivity index (χ1) is 9.88. The molecular formula is C17H27N3. The van der Waals surface area contributed by atoms with Crippen LogP contribution >= 0.6 is 0 Å². The van der Waals surface area contributed by atoms with Gasteiger partial charge in [-0.25, -0.2) is 0 Å². The van der Waals surface area contributed by atoms with Crippen molar-refractivity contribution in [3.63, 3.8) is 0 Å². The standard InChI is InChI=1S/C17H27N3/c1-2-10-20(17-13-18-14-17)16-8-11-19(12-9-16)15-6-4-3-5-7-15/h3-7,16-18H,2,8-14H2,1H3. The maximum atomic E-state index is 3.42. The summed E-state index contributed by atoms with van der Waals surface area (Å²) in [6.45, 7) is 8.36. The second-order valence-electron chi connectivity index (χ2n) is 6.10. The zero-order valence-corrected chi connectivity index (χ0v) is 12.6. The molecule has 1 N–H and O–H groups in total. The Bertz CT molecular complexity index is 394. The lowest BCUT2D eigenvalue weighted by Gasteiger charge is -2.46. The first-order valence-electron chi connectivity index (χ1n) is 8.15. The Morgan fingerprint density at radius 1 is 1.10 bits per heavy atom. The van der Waals surface area contributed by atoms with Crippen LogP contribution in [0, 0.1) is 0 Å². The summed E-state index contributed by atoms with van der Waals surface area (Å²) in [5.74, 6) is 0. The summed E-state index contributed by atoms with van der Waals surface area (Å²) >= 11 is 0. The summed E-state index contributed by atoms with van der Waals surface area (Å²) in [6.07, 6.45) is 3.90. The van der Waals surface area contributed by atoms with E-state index in [1.165, 1.54) is 57.7 Å². The Balaban J connectivity index is 1.57. The Kier molecular flexibility index (Phi) is 4.58. The van der Waals surface area contributed by atoms with E-state index in [0.717, 1.165) is 12.1 Å². The molecule has 0 atom stereocenters. The number of anilines is 1. The molecule has 110 valence electrons. The summed E-state index contributed by atoms with van der Waals surface area (Å²) < 4.78 is 0. The average molecular weight is 273 g/mol.